The first-order valence-electron chi connectivity index (χ1n) is 6.52. The molecule has 20 heavy (non-hydrogen) atoms. The topological polar surface area (TPSA) is 42.4 Å². The van der Waals surface area contributed by atoms with E-state index in [1.165, 1.54) is 0 Å². The zero-order valence-electron chi connectivity index (χ0n) is 11.8. The molecule has 1 aromatic heterocycles. The molecule has 1 atom stereocenters. The largest absolute Gasteiger partial charge is 0.487 e. The number of halogens is 1. The lowest BCUT2D eigenvalue weighted by molar-refractivity contribution is 0.190. The summed E-state index contributed by atoms with van der Waals surface area (Å²) >= 11 is 7.58. The molecule has 5 heteroatoms. The van der Waals surface area contributed by atoms with Gasteiger partial charge in [0.25, 0.3) is 0 Å². The molecule has 1 heterocycles. The Balaban J connectivity index is 2.10. The summed E-state index contributed by atoms with van der Waals surface area (Å²) in [6.45, 7) is 6.32. The Bertz CT molecular complexity index is 581. The maximum Gasteiger partial charge on any atom is 0.131 e. The van der Waals surface area contributed by atoms with Gasteiger partial charge in [0.1, 0.15) is 12.4 Å². The van der Waals surface area contributed by atoms with Gasteiger partial charge in [0.15, 0.2) is 0 Å². The normalized spacial score (nSPS) is 12.7. The molecule has 0 bridgehead atoms. The number of ether oxygens (including phenoxy) is 1. The Morgan fingerprint density at radius 3 is 2.70 bits per heavy atom. The molecule has 2 aromatic rings. The fraction of sp³-hybridized carbons (Fsp3) is 0.400. The van der Waals surface area contributed by atoms with Crippen LogP contribution in [0.5, 0.6) is 5.75 Å². The summed E-state index contributed by atoms with van der Waals surface area (Å²) in [7, 11) is 0. The second-order valence-electron chi connectivity index (χ2n) is 4.98. The van der Waals surface area contributed by atoms with E-state index in [2.05, 4.69) is 18.8 Å². The highest BCUT2D eigenvalue weighted by Crippen LogP contribution is 2.29. The minimum Gasteiger partial charge on any atom is -0.487 e. The van der Waals surface area contributed by atoms with E-state index in [1.54, 1.807) is 36.5 Å². The molecule has 0 spiro atoms. The van der Waals surface area contributed by atoms with Crippen LogP contribution in [0.1, 0.15) is 49.1 Å². The van der Waals surface area contributed by atoms with Gasteiger partial charge < -0.3 is 9.84 Å². The summed E-state index contributed by atoms with van der Waals surface area (Å²) in [5, 5.41) is 13.5. The molecule has 0 aliphatic rings. The summed E-state index contributed by atoms with van der Waals surface area (Å²) in [5.74, 6) is 1.07. The molecule has 0 fully saturated rings. The third-order valence-electron chi connectivity index (χ3n) is 2.86. The maximum absolute atomic E-state index is 9.75. The average molecular weight is 312 g/mol. The van der Waals surface area contributed by atoms with Gasteiger partial charge in [-0.25, -0.2) is 4.98 Å². The van der Waals surface area contributed by atoms with E-state index in [4.69, 9.17) is 16.3 Å². The van der Waals surface area contributed by atoms with E-state index in [0.717, 1.165) is 10.7 Å². The monoisotopic (exact) mass is 311 g/mol. The first kappa shape index (κ1) is 15.3. The van der Waals surface area contributed by atoms with Crippen LogP contribution >= 0.6 is 22.9 Å². The summed E-state index contributed by atoms with van der Waals surface area (Å²) < 4.78 is 5.76. The fourth-order valence-electron chi connectivity index (χ4n) is 1.78. The van der Waals surface area contributed by atoms with E-state index < -0.39 is 6.10 Å². The molecule has 0 aliphatic heterocycles. The van der Waals surface area contributed by atoms with Gasteiger partial charge in [-0.05, 0) is 25.1 Å². The number of thiazole rings is 1. The van der Waals surface area contributed by atoms with Crippen molar-refractivity contribution in [3.05, 3.63) is 44.9 Å². The molecule has 0 unspecified atom stereocenters. The van der Waals surface area contributed by atoms with Crippen molar-refractivity contribution in [2.24, 2.45) is 0 Å². The third-order valence-corrected chi connectivity index (χ3v) is 4.29. The third kappa shape index (κ3) is 3.72. The Hall–Kier alpha value is -1.10. The van der Waals surface area contributed by atoms with Crippen LogP contribution in [0.15, 0.2) is 23.6 Å². The SMILES string of the molecule is CC(C)c1nc(COc2ccc(Cl)cc2[C@@H](C)O)cs1. The predicted molar refractivity (Wildman–Crippen MR) is 82.6 cm³/mol. The summed E-state index contributed by atoms with van der Waals surface area (Å²) in [5.41, 5.74) is 1.60. The van der Waals surface area contributed by atoms with E-state index in [9.17, 15) is 5.11 Å². The van der Waals surface area contributed by atoms with Crippen LogP contribution in [0.2, 0.25) is 5.02 Å². The number of nitrogens with zero attached hydrogens (tertiary/aromatic N) is 1. The van der Waals surface area contributed by atoms with Crippen LogP contribution in [0.4, 0.5) is 0 Å². The molecular formula is C15H18ClNO2S. The second-order valence-corrected chi connectivity index (χ2v) is 6.30. The number of hydrogen-bond donors (Lipinski definition) is 1. The molecule has 1 N–H and O–H groups in total. The standard InChI is InChI=1S/C15H18ClNO2S/c1-9(2)15-17-12(8-20-15)7-19-14-5-4-11(16)6-13(14)10(3)18/h4-6,8-10,18H,7H2,1-3H3/t10-/m1/s1. The van der Waals surface area contributed by atoms with Crippen LogP contribution in [-0.4, -0.2) is 10.1 Å². The zero-order chi connectivity index (χ0) is 14.7. The number of aromatic nitrogens is 1. The molecular weight excluding hydrogens is 294 g/mol. The molecule has 0 saturated heterocycles. The molecule has 108 valence electrons. The molecule has 0 aliphatic carbocycles. The van der Waals surface area contributed by atoms with Gasteiger partial charge in [-0.15, -0.1) is 11.3 Å². The van der Waals surface area contributed by atoms with Gasteiger partial charge in [0.05, 0.1) is 16.8 Å². The molecule has 0 radical (unpaired) electrons. The number of aliphatic hydroxyl groups is 1. The van der Waals surface area contributed by atoms with Crippen molar-refractivity contribution in [3.63, 3.8) is 0 Å². The highest BCUT2D eigenvalue weighted by Gasteiger charge is 2.11. The Morgan fingerprint density at radius 2 is 2.10 bits per heavy atom. The number of hydrogen-bond acceptors (Lipinski definition) is 4. The lowest BCUT2D eigenvalue weighted by Crippen LogP contribution is -2.01. The van der Waals surface area contributed by atoms with Crippen LogP contribution in [0, 0.1) is 0 Å². The van der Waals surface area contributed by atoms with Crippen molar-refractivity contribution in [1.29, 1.82) is 0 Å². The van der Waals surface area contributed by atoms with Crippen molar-refractivity contribution in [1.82, 2.24) is 4.98 Å². The predicted octanol–water partition coefficient (Wildman–Crippen LogP) is 4.55. The zero-order valence-corrected chi connectivity index (χ0v) is 13.3. The molecule has 1 aromatic carbocycles. The van der Waals surface area contributed by atoms with Gasteiger partial charge in [-0.3, -0.25) is 0 Å². The number of rotatable bonds is 5. The van der Waals surface area contributed by atoms with Crippen molar-refractivity contribution in [2.45, 2.75) is 39.4 Å². The minimum atomic E-state index is -0.620. The number of benzene rings is 1. The Labute approximate surface area is 128 Å². The smallest absolute Gasteiger partial charge is 0.131 e. The summed E-state index contributed by atoms with van der Waals surface area (Å²) in [6, 6.07) is 5.26. The van der Waals surface area contributed by atoms with Gasteiger partial charge in [-0.2, -0.15) is 0 Å². The van der Waals surface area contributed by atoms with Gasteiger partial charge in [-0.1, -0.05) is 25.4 Å². The van der Waals surface area contributed by atoms with Gasteiger partial charge in [0.2, 0.25) is 0 Å². The molecule has 2 rings (SSSR count). The van der Waals surface area contributed by atoms with Crippen LogP contribution < -0.4 is 4.74 Å². The quantitative estimate of drug-likeness (QED) is 0.880. The van der Waals surface area contributed by atoms with Crippen molar-refractivity contribution < 1.29 is 9.84 Å². The van der Waals surface area contributed by atoms with Crippen molar-refractivity contribution in [2.75, 3.05) is 0 Å². The molecule has 0 saturated carbocycles. The van der Waals surface area contributed by atoms with Crippen LogP contribution in [-0.2, 0) is 6.61 Å². The van der Waals surface area contributed by atoms with Crippen LogP contribution in [0.3, 0.4) is 0 Å². The first-order valence-corrected chi connectivity index (χ1v) is 7.77. The lowest BCUT2D eigenvalue weighted by Gasteiger charge is -2.13. The van der Waals surface area contributed by atoms with Gasteiger partial charge >= 0.3 is 0 Å². The fourth-order valence-corrected chi connectivity index (χ4v) is 2.78. The van der Waals surface area contributed by atoms with Crippen LogP contribution in [0.25, 0.3) is 0 Å². The molecule has 0 amide bonds. The van der Waals surface area contributed by atoms with E-state index in [1.807, 2.05) is 5.38 Å². The summed E-state index contributed by atoms with van der Waals surface area (Å²) in [6.07, 6.45) is -0.620. The van der Waals surface area contributed by atoms with E-state index in [-0.39, 0.29) is 0 Å². The second kappa shape index (κ2) is 6.57. The maximum atomic E-state index is 9.75. The van der Waals surface area contributed by atoms with Crippen molar-refractivity contribution >= 4 is 22.9 Å². The van der Waals surface area contributed by atoms with E-state index in [0.29, 0.717) is 28.9 Å². The highest BCUT2D eigenvalue weighted by atomic mass is 35.5. The molecule has 3 nitrogen and oxygen atoms in total. The number of aliphatic hydroxyl groups excluding tert-OH is 1. The van der Waals surface area contributed by atoms with E-state index >= 15 is 0 Å². The Morgan fingerprint density at radius 1 is 1.35 bits per heavy atom. The lowest BCUT2D eigenvalue weighted by atomic mass is 10.1. The summed E-state index contributed by atoms with van der Waals surface area (Å²) in [4.78, 5) is 4.52. The minimum absolute atomic E-state index is 0.393. The highest BCUT2D eigenvalue weighted by molar-refractivity contribution is 7.09. The van der Waals surface area contributed by atoms with Crippen molar-refractivity contribution in [3.8, 4) is 5.75 Å². The van der Waals surface area contributed by atoms with Gasteiger partial charge in [0, 0.05) is 21.9 Å². The Kier molecular flexibility index (Phi) is 5.02. The average Bonchev–Trinajstić information content (AvgIpc) is 2.86. The first-order chi connectivity index (χ1) is 9.47.